The molecule has 124 valence electrons. The molecule has 0 radical (unpaired) electrons. The number of cyclic esters (lactones) is 1. The molecule has 7 heteroatoms. The van der Waals surface area contributed by atoms with Gasteiger partial charge in [0.1, 0.15) is 12.3 Å². The largest absolute Gasteiger partial charge is 0.497 e. The summed E-state index contributed by atoms with van der Waals surface area (Å²) in [5, 5.41) is 2.86. The summed E-state index contributed by atoms with van der Waals surface area (Å²) < 4.78 is 9.70. The molecular weight excluding hydrogens is 300 g/mol. The number of hydrogen-bond acceptors (Lipinski definition) is 5. The average Bonchev–Trinajstić information content (AvgIpc) is 2.84. The van der Waals surface area contributed by atoms with Crippen LogP contribution in [0, 0.1) is 5.92 Å². The van der Waals surface area contributed by atoms with Crippen molar-refractivity contribution in [3.05, 3.63) is 29.8 Å². The highest BCUT2D eigenvalue weighted by molar-refractivity contribution is 6.01. The summed E-state index contributed by atoms with van der Waals surface area (Å²) in [5.74, 6) is -0.0519. The normalized spacial score (nSPS) is 15.6. The van der Waals surface area contributed by atoms with Crippen molar-refractivity contribution in [3.8, 4) is 5.75 Å². The van der Waals surface area contributed by atoms with E-state index in [1.165, 1.54) is 0 Å². The minimum atomic E-state index is -0.782. The minimum absolute atomic E-state index is 0.133. The number of benzene rings is 1. The number of methoxy groups -OCH3 is 1. The first-order chi connectivity index (χ1) is 10.9. The van der Waals surface area contributed by atoms with Crippen molar-refractivity contribution in [3.63, 3.8) is 0 Å². The van der Waals surface area contributed by atoms with Crippen LogP contribution in [0.5, 0.6) is 5.75 Å². The summed E-state index contributed by atoms with van der Waals surface area (Å²) in [5.41, 5.74) is 0.921. The van der Waals surface area contributed by atoms with Gasteiger partial charge >= 0.3 is 6.09 Å². The van der Waals surface area contributed by atoms with Gasteiger partial charge in [-0.05, 0) is 23.6 Å². The van der Waals surface area contributed by atoms with Crippen LogP contribution in [0.1, 0.15) is 25.5 Å². The average molecular weight is 320 g/mol. The quantitative estimate of drug-likeness (QED) is 0.858. The van der Waals surface area contributed by atoms with E-state index >= 15 is 0 Å². The minimum Gasteiger partial charge on any atom is -0.497 e. The third kappa shape index (κ3) is 4.00. The molecule has 0 aromatic heterocycles. The number of ether oxygens (including phenoxy) is 2. The zero-order valence-corrected chi connectivity index (χ0v) is 13.4. The highest BCUT2D eigenvalue weighted by atomic mass is 16.6. The molecule has 7 nitrogen and oxygen atoms in total. The van der Waals surface area contributed by atoms with E-state index < -0.39 is 17.9 Å². The highest BCUT2D eigenvalue weighted by Crippen LogP contribution is 2.24. The number of imide groups is 1. The Labute approximate surface area is 134 Å². The number of carbonyl (C=O) groups is 3. The van der Waals surface area contributed by atoms with Crippen LogP contribution in [0.3, 0.4) is 0 Å². The van der Waals surface area contributed by atoms with Crippen LogP contribution in [0.2, 0.25) is 0 Å². The van der Waals surface area contributed by atoms with Gasteiger partial charge in [-0.2, -0.15) is 0 Å². The Kier molecular flexibility index (Phi) is 5.20. The maximum atomic E-state index is 12.2. The lowest BCUT2D eigenvalue weighted by Crippen LogP contribution is -2.42. The third-order valence-electron chi connectivity index (χ3n) is 3.60. The fraction of sp³-hybridized carbons (Fsp3) is 0.438. The number of nitrogens with zero attached hydrogens (tertiary/aromatic N) is 1. The van der Waals surface area contributed by atoms with Crippen molar-refractivity contribution in [2.24, 2.45) is 5.92 Å². The van der Waals surface area contributed by atoms with E-state index in [1.54, 1.807) is 7.11 Å². The van der Waals surface area contributed by atoms with E-state index in [0.717, 1.165) is 16.2 Å². The Bertz CT molecular complexity index is 581. The van der Waals surface area contributed by atoms with Gasteiger partial charge in [-0.25, -0.2) is 9.69 Å². The molecule has 3 amide bonds. The Hall–Kier alpha value is -2.57. The van der Waals surface area contributed by atoms with Gasteiger partial charge in [0.25, 0.3) is 5.91 Å². The Balaban J connectivity index is 2.05. The van der Waals surface area contributed by atoms with E-state index in [9.17, 15) is 14.4 Å². The first-order valence-corrected chi connectivity index (χ1v) is 7.32. The molecule has 1 aliphatic heterocycles. The molecule has 0 spiro atoms. The second kappa shape index (κ2) is 7.13. The number of rotatable bonds is 6. The fourth-order valence-corrected chi connectivity index (χ4v) is 2.34. The predicted molar refractivity (Wildman–Crippen MR) is 81.8 cm³/mol. The van der Waals surface area contributed by atoms with Crippen LogP contribution in [0.4, 0.5) is 4.79 Å². The van der Waals surface area contributed by atoms with Crippen LogP contribution in [-0.2, 0) is 14.3 Å². The lowest BCUT2D eigenvalue weighted by atomic mass is 9.96. The summed E-state index contributed by atoms with van der Waals surface area (Å²) in [6.07, 6.45) is -0.782. The first-order valence-electron chi connectivity index (χ1n) is 7.32. The molecule has 23 heavy (non-hydrogen) atoms. The van der Waals surface area contributed by atoms with E-state index in [2.05, 4.69) is 10.1 Å². The smallest absolute Gasteiger partial charge is 0.417 e. The van der Waals surface area contributed by atoms with Crippen molar-refractivity contribution in [1.82, 2.24) is 10.2 Å². The molecule has 1 atom stereocenters. The maximum absolute atomic E-state index is 12.2. The lowest BCUT2D eigenvalue weighted by molar-refractivity contribution is -0.131. The van der Waals surface area contributed by atoms with Crippen LogP contribution in [0.25, 0.3) is 0 Å². The van der Waals surface area contributed by atoms with Crippen molar-refractivity contribution in [2.45, 2.75) is 19.9 Å². The molecule has 0 saturated carbocycles. The van der Waals surface area contributed by atoms with Crippen LogP contribution in [-0.4, -0.2) is 43.1 Å². The number of nitrogens with one attached hydrogen (secondary N) is 1. The van der Waals surface area contributed by atoms with Gasteiger partial charge in [0, 0.05) is 0 Å². The van der Waals surface area contributed by atoms with Gasteiger partial charge in [-0.3, -0.25) is 9.59 Å². The molecule has 1 aromatic carbocycles. The molecule has 1 N–H and O–H groups in total. The molecule has 1 aromatic rings. The summed E-state index contributed by atoms with van der Waals surface area (Å²) in [6, 6.07) is 7.15. The monoisotopic (exact) mass is 320 g/mol. The molecule has 1 fully saturated rings. The van der Waals surface area contributed by atoms with Crippen LogP contribution >= 0.6 is 0 Å². The Morgan fingerprint density at radius 2 is 1.96 bits per heavy atom. The zero-order valence-electron chi connectivity index (χ0n) is 13.4. The summed E-state index contributed by atoms with van der Waals surface area (Å²) in [6.45, 7) is 3.31. The Morgan fingerprint density at radius 3 is 2.43 bits per heavy atom. The highest BCUT2D eigenvalue weighted by Gasteiger charge is 2.33. The molecule has 2 rings (SSSR count). The third-order valence-corrected chi connectivity index (χ3v) is 3.60. The second-order valence-corrected chi connectivity index (χ2v) is 5.60. The van der Waals surface area contributed by atoms with Gasteiger partial charge in [0.15, 0.2) is 6.61 Å². The van der Waals surface area contributed by atoms with Crippen molar-refractivity contribution in [2.75, 3.05) is 20.3 Å². The van der Waals surface area contributed by atoms with Crippen LogP contribution in [0.15, 0.2) is 24.3 Å². The van der Waals surface area contributed by atoms with Gasteiger partial charge < -0.3 is 14.8 Å². The zero-order chi connectivity index (χ0) is 17.0. The molecular formula is C16H20N2O5. The maximum Gasteiger partial charge on any atom is 0.417 e. The van der Waals surface area contributed by atoms with E-state index in [-0.39, 0.29) is 25.1 Å². The molecule has 1 heterocycles. The van der Waals surface area contributed by atoms with Gasteiger partial charge in [-0.1, -0.05) is 26.0 Å². The van der Waals surface area contributed by atoms with E-state index in [0.29, 0.717) is 0 Å². The molecule has 1 saturated heterocycles. The van der Waals surface area contributed by atoms with Crippen molar-refractivity contribution >= 4 is 17.9 Å². The van der Waals surface area contributed by atoms with Gasteiger partial charge in [0.05, 0.1) is 13.2 Å². The standard InChI is InChI=1S/C16H20N2O5/c1-10(2)15(11-4-6-12(22-3)7-5-11)17-13(19)8-18-14(20)9-23-16(18)21/h4-7,10,15H,8-9H2,1-3H3,(H,17,19). The van der Waals surface area contributed by atoms with Crippen molar-refractivity contribution in [1.29, 1.82) is 0 Å². The topological polar surface area (TPSA) is 84.9 Å². The molecule has 1 unspecified atom stereocenters. The van der Waals surface area contributed by atoms with Gasteiger partial charge in [0.2, 0.25) is 5.91 Å². The summed E-state index contributed by atoms with van der Waals surface area (Å²) in [7, 11) is 1.59. The van der Waals surface area contributed by atoms with E-state index in [4.69, 9.17) is 4.74 Å². The molecule has 0 aliphatic carbocycles. The number of carbonyl (C=O) groups excluding carboxylic acids is 3. The summed E-state index contributed by atoms with van der Waals surface area (Å²) >= 11 is 0. The Morgan fingerprint density at radius 1 is 1.30 bits per heavy atom. The molecule has 0 bridgehead atoms. The second-order valence-electron chi connectivity index (χ2n) is 5.60. The number of hydrogen-bond donors (Lipinski definition) is 1. The molecule has 1 aliphatic rings. The van der Waals surface area contributed by atoms with Crippen molar-refractivity contribution < 1.29 is 23.9 Å². The number of amides is 3. The van der Waals surface area contributed by atoms with Gasteiger partial charge in [-0.15, -0.1) is 0 Å². The predicted octanol–water partition coefficient (Wildman–Crippen LogP) is 1.49. The first kappa shape index (κ1) is 16.8. The summed E-state index contributed by atoms with van der Waals surface area (Å²) in [4.78, 5) is 35.8. The fourth-order valence-electron chi connectivity index (χ4n) is 2.34. The lowest BCUT2D eigenvalue weighted by Gasteiger charge is -2.24. The van der Waals surface area contributed by atoms with E-state index in [1.807, 2.05) is 38.1 Å². The SMILES string of the molecule is COc1ccc(C(NC(=O)CN2C(=O)COC2=O)C(C)C)cc1. The van der Waals surface area contributed by atoms with Crippen LogP contribution < -0.4 is 10.1 Å².